The van der Waals surface area contributed by atoms with Crippen molar-refractivity contribution in [3.05, 3.63) is 70.2 Å². The monoisotopic (exact) mass is 417 g/mol. The zero-order valence-electron chi connectivity index (χ0n) is 15.3. The van der Waals surface area contributed by atoms with Gasteiger partial charge in [0.15, 0.2) is 0 Å². The number of anilines is 1. The molecular weight excluding hydrogens is 397 g/mol. The minimum Gasteiger partial charge on any atom is -0.337 e. The molecule has 1 aliphatic rings. The van der Waals surface area contributed by atoms with E-state index in [1.807, 2.05) is 29.2 Å². The Labute approximate surface area is 174 Å². The second kappa shape index (κ2) is 9.73. The van der Waals surface area contributed by atoms with Gasteiger partial charge in [0.1, 0.15) is 0 Å². The van der Waals surface area contributed by atoms with E-state index in [0.717, 1.165) is 5.56 Å². The third-order valence-corrected chi connectivity index (χ3v) is 5.03. The summed E-state index contributed by atoms with van der Waals surface area (Å²) in [6, 6.07) is 14.5. The van der Waals surface area contributed by atoms with Crippen molar-refractivity contribution in [2.24, 2.45) is 0 Å². The van der Waals surface area contributed by atoms with Crippen molar-refractivity contribution in [3.63, 3.8) is 0 Å². The lowest BCUT2D eigenvalue weighted by Crippen LogP contribution is -2.50. The van der Waals surface area contributed by atoms with Crippen LogP contribution in [0, 0.1) is 0 Å². The Morgan fingerprint density at radius 2 is 1.75 bits per heavy atom. The molecule has 146 valence electrons. The number of piperazine rings is 1. The number of rotatable bonds is 5. The topological polar surface area (TPSA) is 52.7 Å². The van der Waals surface area contributed by atoms with E-state index >= 15 is 0 Å². The summed E-state index contributed by atoms with van der Waals surface area (Å²) in [7, 11) is 0. The molecule has 0 unspecified atom stereocenters. The van der Waals surface area contributed by atoms with Gasteiger partial charge in [0, 0.05) is 37.3 Å². The van der Waals surface area contributed by atoms with Crippen LogP contribution in [0.2, 0.25) is 10.0 Å². The summed E-state index contributed by atoms with van der Waals surface area (Å²) in [6.07, 6.45) is 3.32. The van der Waals surface area contributed by atoms with Crippen LogP contribution in [0.3, 0.4) is 0 Å². The van der Waals surface area contributed by atoms with Crippen molar-refractivity contribution >= 4 is 46.8 Å². The molecule has 0 aliphatic carbocycles. The first-order valence-electron chi connectivity index (χ1n) is 9.00. The fourth-order valence-corrected chi connectivity index (χ4v) is 3.35. The predicted octanol–water partition coefficient (Wildman–Crippen LogP) is 3.79. The van der Waals surface area contributed by atoms with Crippen molar-refractivity contribution in [3.8, 4) is 0 Å². The van der Waals surface area contributed by atoms with Crippen molar-refractivity contribution in [2.45, 2.75) is 0 Å². The van der Waals surface area contributed by atoms with Crippen LogP contribution in [0.5, 0.6) is 0 Å². The standard InChI is InChI=1S/C21H21Cl2N3O2/c22-17-5-3-4-16(14-17)8-9-21(28)26-12-10-25(11-13-26)15-20(27)24-19-7-2-1-6-18(19)23/h1-9,14H,10-13,15H2,(H,24,27)/b9-8+. The molecule has 1 aliphatic heterocycles. The number of carbonyl (C=O) groups is 2. The number of carbonyl (C=O) groups excluding carboxylic acids is 2. The predicted molar refractivity (Wildman–Crippen MR) is 114 cm³/mol. The highest BCUT2D eigenvalue weighted by Gasteiger charge is 2.21. The third kappa shape index (κ3) is 5.83. The first-order valence-corrected chi connectivity index (χ1v) is 9.76. The maximum atomic E-state index is 12.4. The molecule has 3 rings (SSSR count). The van der Waals surface area contributed by atoms with E-state index in [4.69, 9.17) is 23.2 Å². The highest BCUT2D eigenvalue weighted by atomic mass is 35.5. The number of halogens is 2. The second-order valence-corrected chi connectivity index (χ2v) is 7.36. The molecule has 2 amide bonds. The largest absolute Gasteiger partial charge is 0.337 e. The Balaban J connectivity index is 1.45. The van der Waals surface area contributed by atoms with Crippen molar-refractivity contribution in [1.82, 2.24) is 9.80 Å². The molecule has 1 N–H and O–H groups in total. The Morgan fingerprint density at radius 1 is 1.00 bits per heavy atom. The van der Waals surface area contributed by atoms with Crippen LogP contribution in [-0.2, 0) is 9.59 Å². The van der Waals surface area contributed by atoms with Crippen molar-refractivity contribution in [2.75, 3.05) is 38.0 Å². The van der Waals surface area contributed by atoms with Crippen LogP contribution >= 0.6 is 23.2 Å². The average Bonchev–Trinajstić information content (AvgIpc) is 2.68. The van der Waals surface area contributed by atoms with Gasteiger partial charge in [-0.1, -0.05) is 47.5 Å². The van der Waals surface area contributed by atoms with Crippen LogP contribution < -0.4 is 5.32 Å². The van der Waals surface area contributed by atoms with Gasteiger partial charge in [-0.2, -0.15) is 0 Å². The van der Waals surface area contributed by atoms with Crippen LogP contribution in [-0.4, -0.2) is 54.3 Å². The summed E-state index contributed by atoms with van der Waals surface area (Å²) >= 11 is 12.0. The second-order valence-electron chi connectivity index (χ2n) is 6.52. The zero-order chi connectivity index (χ0) is 19.9. The average molecular weight is 418 g/mol. The van der Waals surface area contributed by atoms with Crippen LogP contribution in [0.1, 0.15) is 5.56 Å². The summed E-state index contributed by atoms with van der Waals surface area (Å²) in [6.45, 7) is 2.72. The fourth-order valence-electron chi connectivity index (χ4n) is 2.96. The van der Waals surface area contributed by atoms with Crippen LogP contribution in [0.25, 0.3) is 6.08 Å². The molecule has 5 nitrogen and oxygen atoms in total. The molecule has 0 saturated carbocycles. The van der Waals surface area contributed by atoms with Gasteiger partial charge in [0.2, 0.25) is 11.8 Å². The lowest BCUT2D eigenvalue weighted by atomic mass is 10.2. The normalized spacial score (nSPS) is 15.0. The van der Waals surface area contributed by atoms with Gasteiger partial charge in [0.05, 0.1) is 17.3 Å². The SMILES string of the molecule is O=C(CN1CCN(C(=O)/C=C/c2cccc(Cl)c2)CC1)Nc1ccccc1Cl. The zero-order valence-corrected chi connectivity index (χ0v) is 16.8. The van der Waals surface area contributed by atoms with E-state index in [0.29, 0.717) is 41.9 Å². The molecule has 2 aromatic carbocycles. The van der Waals surface area contributed by atoms with Crippen LogP contribution in [0.15, 0.2) is 54.6 Å². The van der Waals surface area contributed by atoms with Crippen molar-refractivity contribution in [1.29, 1.82) is 0 Å². The summed E-state index contributed by atoms with van der Waals surface area (Å²) in [5, 5.41) is 3.97. The first kappa shape index (κ1) is 20.4. The first-order chi connectivity index (χ1) is 13.5. The molecule has 7 heteroatoms. The quantitative estimate of drug-likeness (QED) is 0.752. The van der Waals surface area contributed by atoms with Gasteiger partial charge in [-0.05, 0) is 35.9 Å². The molecule has 2 aromatic rings. The highest BCUT2D eigenvalue weighted by Crippen LogP contribution is 2.20. The minimum atomic E-state index is -0.117. The van der Waals surface area contributed by atoms with E-state index in [9.17, 15) is 9.59 Å². The number of nitrogens with zero attached hydrogens (tertiary/aromatic N) is 2. The van der Waals surface area contributed by atoms with Gasteiger partial charge < -0.3 is 10.2 Å². The fraction of sp³-hybridized carbons (Fsp3) is 0.238. The summed E-state index contributed by atoms with van der Waals surface area (Å²) in [4.78, 5) is 28.4. The van der Waals surface area contributed by atoms with Gasteiger partial charge in [-0.15, -0.1) is 0 Å². The van der Waals surface area contributed by atoms with E-state index in [2.05, 4.69) is 5.32 Å². The molecule has 0 bridgehead atoms. The maximum Gasteiger partial charge on any atom is 0.246 e. The Hall–Kier alpha value is -2.34. The smallest absolute Gasteiger partial charge is 0.246 e. The van der Waals surface area contributed by atoms with E-state index in [1.54, 1.807) is 41.3 Å². The molecule has 0 radical (unpaired) electrons. The lowest BCUT2D eigenvalue weighted by molar-refractivity contribution is -0.127. The van der Waals surface area contributed by atoms with Crippen LogP contribution in [0.4, 0.5) is 5.69 Å². The third-order valence-electron chi connectivity index (χ3n) is 4.47. The number of para-hydroxylation sites is 1. The van der Waals surface area contributed by atoms with E-state index in [1.165, 1.54) is 0 Å². The Kier molecular flexibility index (Phi) is 7.09. The van der Waals surface area contributed by atoms with Gasteiger partial charge in [-0.25, -0.2) is 0 Å². The Bertz CT molecular complexity index is 877. The number of hydrogen-bond donors (Lipinski definition) is 1. The molecule has 0 aromatic heterocycles. The van der Waals surface area contributed by atoms with Gasteiger partial charge in [-0.3, -0.25) is 14.5 Å². The van der Waals surface area contributed by atoms with Gasteiger partial charge in [0.25, 0.3) is 0 Å². The summed E-state index contributed by atoms with van der Waals surface area (Å²) in [5.41, 5.74) is 1.49. The lowest BCUT2D eigenvalue weighted by Gasteiger charge is -2.33. The van der Waals surface area contributed by atoms with Crippen molar-refractivity contribution < 1.29 is 9.59 Å². The summed E-state index contributed by atoms with van der Waals surface area (Å²) in [5.74, 6) is -0.158. The number of benzene rings is 2. The minimum absolute atomic E-state index is 0.0415. The van der Waals surface area contributed by atoms with Gasteiger partial charge >= 0.3 is 0 Å². The molecule has 0 atom stereocenters. The number of amides is 2. The van der Waals surface area contributed by atoms with E-state index in [-0.39, 0.29) is 18.4 Å². The number of nitrogens with one attached hydrogen (secondary N) is 1. The molecular formula is C21H21Cl2N3O2. The van der Waals surface area contributed by atoms with E-state index < -0.39 is 0 Å². The molecule has 1 fully saturated rings. The highest BCUT2D eigenvalue weighted by molar-refractivity contribution is 6.33. The number of hydrogen-bond acceptors (Lipinski definition) is 3. The molecule has 1 heterocycles. The molecule has 0 spiro atoms. The molecule has 1 saturated heterocycles. The Morgan fingerprint density at radius 3 is 2.46 bits per heavy atom. The maximum absolute atomic E-state index is 12.4. The molecule has 28 heavy (non-hydrogen) atoms. The summed E-state index contributed by atoms with van der Waals surface area (Å²) < 4.78 is 0.